The van der Waals surface area contributed by atoms with Gasteiger partial charge in [-0.05, 0) is 13.0 Å². The highest BCUT2D eigenvalue weighted by Gasteiger charge is 2.16. The van der Waals surface area contributed by atoms with E-state index in [1.807, 2.05) is 6.07 Å². The van der Waals surface area contributed by atoms with E-state index in [1.165, 1.54) is 12.4 Å². The van der Waals surface area contributed by atoms with Crippen molar-refractivity contribution in [3.05, 3.63) is 41.6 Å². The lowest BCUT2D eigenvalue weighted by molar-refractivity contribution is 0.606. The molecule has 0 radical (unpaired) electrons. The summed E-state index contributed by atoms with van der Waals surface area (Å²) >= 11 is 0. The number of halogens is 1. The van der Waals surface area contributed by atoms with Crippen molar-refractivity contribution in [3.63, 3.8) is 0 Å². The Bertz CT molecular complexity index is 761. The highest BCUT2D eigenvalue weighted by atomic mass is 35.7. The van der Waals surface area contributed by atoms with Crippen molar-refractivity contribution in [2.45, 2.75) is 18.5 Å². The Hall–Kier alpha value is -1.91. The molecule has 0 fully saturated rings. The van der Waals surface area contributed by atoms with Crippen LogP contribution in [-0.2, 0) is 15.6 Å². The molecule has 2 aromatic heterocycles. The lowest BCUT2D eigenvalue weighted by Crippen LogP contribution is -2.03. The minimum atomic E-state index is -3.85. The molecule has 0 saturated heterocycles. The minimum Gasteiger partial charge on any atom is -0.329 e. The summed E-state index contributed by atoms with van der Waals surface area (Å²) in [7, 11) is 1.38. The molecule has 0 spiro atoms. The third-order valence-corrected chi connectivity index (χ3v) is 3.71. The molecule has 0 atom stereocenters. The largest absolute Gasteiger partial charge is 0.329 e. The zero-order valence-electron chi connectivity index (χ0n) is 9.91. The molecule has 0 aliphatic carbocycles. The lowest BCUT2D eigenvalue weighted by Gasteiger charge is -2.05. The Balaban J connectivity index is 2.40. The van der Waals surface area contributed by atoms with E-state index in [0.717, 1.165) is 0 Å². The lowest BCUT2D eigenvalue weighted by atomic mass is 10.2. The molecule has 0 aromatic carbocycles. The number of rotatable bonds is 3. The first-order valence-electron chi connectivity index (χ1n) is 5.24. The molecule has 98 valence electrons. The number of aromatic nitrogens is 3. The van der Waals surface area contributed by atoms with Crippen LogP contribution in [0.15, 0.2) is 29.6 Å². The van der Waals surface area contributed by atoms with E-state index in [1.54, 1.807) is 23.6 Å². The zero-order chi connectivity index (χ0) is 14.0. The minimum absolute atomic E-state index is 0.200. The van der Waals surface area contributed by atoms with E-state index in [0.29, 0.717) is 23.6 Å². The highest BCUT2D eigenvalue weighted by molar-refractivity contribution is 8.13. The van der Waals surface area contributed by atoms with Crippen molar-refractivity contribution < 1.29 is 8.42 Å². The summed E-state index contributed by atoms with van der Waals surface area (Å²) in [6.07, 6.45) is 2.86. The summed E-state index contributed by atoms with van der Waals surface area (Å²) in [5.41, 5.74) is 0.981. The molecule has 0 aliphatic rings. The fraction of sp³-hybridized carbons (Fsp3) is 0.182. The molecule has 2 aromatic rings. The Morgan fingerprint density at radius 1 is 1.53 bits per heavy atom. The predicted molar refractivity (Wildman–Crippen MR) is 68.1 cm³/mol. The second-order valence-corrected chi connectivity index (χ2v) is 6.33. The molecule has 19 heavy (non-hydrogen) atoms. The second kappa shape index (κ2) is 4.99. The average Bonchev–Trinajstić information content (AvgIpc) is 2.72. The van der Waals surface area contributed by atoms with Gasteiger partial charge in [0.15, 0.2) is 5.03 Å². The van der Waals surface area contributed by atoms with Crippen molar-refractivity contribution in [2.75, 3.05) is 0 Å². The third-order valence-electron chi connectivity index (χ3n) is 2.54. The fourth-order valence-corrected chi connectivity index (χ4v) is 2.32. The van der Waals surface area contributed by atoms with Gasteiger partial charge in [0.1, 0.15) is 17.6 Å². The van der Waals surface area contributed by atoms with Crippen LogP contribution in [0.25, 0.3) is 0 Å². The fourth-order valence-electron chi connectivity index (χ4n) is 1.61. The van der Waals surface area contributed by atoms with Crippen LogP contribution >= 0.6 is 10.7 Å². The summed E-state index contributed by atoms with van der Waals surface area (Å²) in [4.78, 5) is 7.81. The van der Waals surface area contributed by atoms with E-state index < -0.39 is 9.05 Å². The Labute approximate surface area is 114 Å². The average molecular weight is 297 g/mol. The van der Waals surface area contributed by atoms with E-state index in [-0.39, 0.29) is 5.03 Å². The third kappa shape index (κ3) is 2.92. The molecule has 2 rings (SSSR count). The number of nitrogens with zero attached hydrogens (tertiary/aromatic N) is 4. The normalized spacial score (nSPS) is 11.2. The van der Waals surface area contributed by atoms with Gasteiger partial charge in [-0.15, -0.1) is 0 Å². The van der Waals surface area contributed by atoms with Gasteiger partial charge >= 0.3 is 0 Å². The van der Waals surface area contributed by atoms with Gasteiger partial charge in [0.05, 0.1) is 6.54 Å². The van der Waals surface area contributed by atoms with Gasteiger partial charge < -0.3 is 4.57 Å². The van der Waals surface area contributed by atoms with Crippen LogP contribution in [0.3, 0.4) is 0 Å². The second-order valence-electron chi connectivity index (χ2n) is 3.82. The van der Waals surface area contributed by atoms with Crippen molar-refractivity contribution in [2.24, 2.45) is 0 Å². The van der Waals surface area contributed by atoms with Crippen LogP contribution in [0.1, 0.15) is 17.1 Å². The molecule has 0 bridgehead atoms. The van der Waals surface area contributed by atoms with Crippen molar-refractivity contribution in [1.82, 2.24) is 14.5 Å². The maximum Gasteiger partial charge on any atom is 0.280 e. The molecule has 0 amide bonds. The molecular weight excluding hydrogens is 288 g/mol. The first kappa shape index (κ1) is 13.5. The molecule has 8 heteroatoms. The van der Waals surface area contributed by atoms with Gasteiger partial charge in [0.2, 0.25) is 0 Å². The van der Waals surface area contributed by atoms with Crippen molar-refractivity contribution in [3.8, 4) is 6.07 Å². The number of hydrogen-bond acceptors (Lipinski definition) is 5. The summed E-state index contributed by atoms with van der Waals surface area (Å²) < 4.78 is 24.0. The van der Waals surface area contributed by atoms with E-state index in [4.69, 9.17) is 15.9 Å². The first-order chi connectivity index (χ1) is 8.91. The standard InChI is InChI=1S/C11H9ClN4O2S/c1-8-15-11(19(12,17)18)7-16(8)6-9-3-2-4-14-10(9)5-13/h2-4,7H,6H2,1H3. The number of hydrogen-bond donors (Lipinski definition) is 0. The van der Waals surface area contributed by atoms with Crippen LogP contribution in [0.4, 0.5) is 0 Å². The Morgan fingerprint density at radius 2 is 2.26 bits per heavy atom. The van der Waals surface area contributed by atoms with Crippen LogP contribution < -0.4 is 0 Å². The highest BCUT2D eigenvalue weighted by Crippen LogP contribution is 2.16. The predicted octanol–water partition coefficient (Wildman–Crippen LogP) is 1.43. The Kier molecular flexibility index (Phi) is 3.55. The number of aryl methyl sites for hydroxylation is 1. The van der Waals surface area contributed by atoms with Gasteiger partial charge in [-0.25, -0.2) is 18.4 Å². The molecule has 0 saturated carbocycles. The summed E-state index contributed by atoms with van der Waals surface area (Å²) in [6, 6.07) is 5.44. The van der Waals surface area contributed by atoms with Crippen molar-refractivity contribution in [1.29, 1.82) is 5.26 Å². The number of nitriles is 1. The van der Waals surface area contributed by atoms with E-state index in [2.05, 4.69) is 9.97 Å². The Morgan fingerprint density at radius 3 is 2.84 bits per heavy atom. The molecule has 0 aliphatic heterocycles. The number of imidazole rings is 1. The van der Waals surface area contributed by atoms with E-state index in [9.17, 15) is 8.42 Å². The van der Waals surface area contributed by atoms with Gasteiger partial charge in [0.25, 0.3) is 9.05 Å². The van der Waals surface area contributed by atoms with E-state index >= 15 is 0 Å². The molecular formula is C11H9ClN4O2S. The molecule has 6 nitrogen and oxygen atoms in total. The van der Waals surface area contributed by atoms with Gasteiger partial charge in [-0.3, -0.25) is 0 Å². The maximum absolute atomic E-state index is 11.2. The smallest absolute Gasteiger partial charge is 0.280 e. The van der Waals surface area contributed by atoms with Gasteiger partial charge in [0, 0.05) is 28.6 Å². The van der Waals surface area contributed by atoms with Crippen LogP contribution in [-0.4, -0.2) is 23.0 Å². The van der Waals surface area contributed by atoms with Gasteiger partial charge in [-0.2, -0.15) is 5.26 Å². The van der Waals surface area contributed by atoms with Crippen LogP contribution in [0.2, 0.25) is 0 Å². The summed E-state index contributed by atoms with van der Waals surface area (Å²) in [5, 5.41) is 8.75. The topological polar surface area (TPSA) is 88.6 Å². The SMILES string of the molecule is Cc1nc(S(=O)(=O)Cl)cn1Cc1cccnc1C#N. The summed E-state index contributed by atoms with van der Waals surface area (Å²) in [6.45, 7) is 1.97. The maximum atomic E-state index is 11.2. The molecule has 0 unspecified atom stereocenters. The van der Waals surface area contributed by atoms with Crippen molar-refractivity contribution >= 4 is 19.7 Å². The summed E-state index contributed by atoms with van der Waals surface area (Å²) in [5.74, 6) is 0.493. The molecule has 2 heterocycles. The first-order valence-corrected chi connectivity index (χ1v) is 7.55. The van der Waals surface area contributed by atoms with Gasteiger partial charge in [-0.1, -0.05) is 6.07 Å². The number of pyridine rings is 1. The quantitative estimate of drug-likeness (QED) is 0.800. The van der Waals surface area contributed by atoms with Crippen LogP contribution in [0, 0.1) is 18.3 Å². The zero-order valence-corrected chi connectivity index (χ0v) is 11.5. The molecule has 0 N–H and O–H groups in total. The van der Waals surface area contributed by atoms with Crippen LogP contribution in [0.5, 0.6) is 0 Å². The monoisotopic (exact) mass is 296 g/mol.